The third kappa shape index (κ3) is 3.25. The van der Waals surface area contributed by atoms with E-state index in [2.05, 4.69) is 0 Å². The van der Waals surface area contributed by atoms with Gasteiger partial charge >= 0.3 is 5.97 Å². The molecular weight excluding hydrogens is 242 g/mol. The van der Waals surface area contributed by atoms with Crippen LogP contribution in [-0.4, -0.2) is 11.1 Å². The summed E-state index contributed by atoms with van der Waals surface area (Å²) in [5, 5.41) is 9.32. The zero-order valence-electron chi connectivity index (χ0n) is 10.6. The number of aromatic hydroxyl groups is 1. The first-order valence-electron chi connectivity index (χ1n) is 5.87. The normalized spacial score (nSPS) is 10.2. The van der Waals surface area contributed by atoms with E-state index in [1.807, 2.05) is 0 Å². The molecule has 0 aliphatic carbocycles. The molecule has 19 heavy (non-hydrogen) atoms. The van der Waals surface area contributed by atoms with Crippen molar-refractivity contribution in [2.24, 2.45) is 0 Å². The van der Waals surface area contributed by atoms with Crippen LogP contribution >= 0.6 is 0 Å². The van der Waals surface area contributed by atoms with Crippen molar-refractivity contribution in [3.63, 3.8) is 0 Å². The molecule has 98 valence electrons. The molecule has 3 N–H and O–H groups in total. The van der Waals surface area contributed by atoms with Crippen molar-refractivity contribution in [3.05, 3.63) is 59.2 Å². The lowest BCUT2D eigenvalue weighted by Gasteiger charge is -2.08. The van der Waals surface area contributed by atoms with Crippen LogP contribution in [0, 0.1) is 6.92 Å². The molecular formula is C15H15NO3. The zero-order valence-corrected chi connectivity index (χ0v) is 10.6. The van der Waals surface area contributed by atoms with Crippen molar-refractivity contribution in [2.45, 2.75) is 13.5 Å². The van der Waals surface area contributed by atoms with Crippen LogP contribution in [-0.2, 0) is 11.3 Å². The van der Waals surface area contributed by atoms with E-state index in [0.29, 0.717) is 11.3 Å². The lowest BCUT2D eigenvalue weighted by molar-refractivity contribution is 0.0471. The number of phenolic OH excluding ortho intramolecular Hbond substituents is 1. The number of carbonyl (C=O) groups is 1. The van der Waals surface area contributed by atoms with E-state index in [9.17, 15) is 9.90 Å². The fourth-order valence-electron chi connectivity index (χ4n) is 1.79. The predicted molar refractivity (Wildman–Crippen MR) is 72.8 cm³/mol. The summed E-state index contributed by atoms with van der Waals surface area (Å²) in [5.74, 6) is -0.252. The molecule has 2 aromatic carbocycles. The first-order valence-corrected chi connectivity index (χ1v) is 5.87. The number of nitrogen functional groups attached to an aromatic ring is 1. The number of carbonyl (C=O) groups excluding carboxylic acids is 1. The van der Waals surface area contributed by atoms with Crippen molar-refractivity contribution < 1.29 is 14.6 Å². The van der Waals surface area contributed by atoms with Gasteiger partial charge in [-0.05, 0) is 48.4 Å². The minimum Gasteiger partial charge on any atom is -0.508 e. The van der Waals surface area contributed by atoms with Gasteiger partial charge in [0.25, 0.3) is 0 Å². The number of phenols is 1. The van der Waals surface area contributed by atoms with Crippen LogP contribution in [0.25, 0.3) is 0 Å². The van der Waals surface area contributed by atoms with E-state index in [1.54, 1.807) is 49.4 Å². The van der Waals surface area contributed by atoms with Gasteiger partial charge < -0.3 is 15.6 Å². The summed E-state index contributed by atoms with van der Waals surface area (Å²) in [7, 11) is 0. The molecule has 0 radical (unpaired) electrons. The molecule has 0 bridgehead atoms. The van der Waals surface area contributed by atoms with Gasteiger partial charge in [0.15, 0.2) is 0 Å². The van der Waals surface area contributed by atoms with Gasteiger partial charge in [-0.1, -0.05) is 12.1 Å². The smallest absolute Gasteiger partial charge is 0.338 e. The van der Waals surface area contributed by atoms with Crippen LogP contribution in [0.4, 0.5) is 5.69 Å². The molecule has 0 saturated carbocycles. The Morgan fingerprint density at radius 1 is 1.26 bits per heavy atom. The highest BCUT2D eigenvalue weighted by Gasteiger charge is 2.10. The van der Waals surface area contributed by atoms with E-state index < -0.39 is 5.97 Å². The maximum absolute atomic E-state index is 11.9. The number of ether oxygens (including phenoxy) is 1. The van der Waals surface area contributed by atoms with Gasteiger partial charge in [-0.25, -0.2) is 4.79 Å². The third-order valence-electron chi connectivity index (χ3n) is 2.75. The summed E-state index contributed by atoms with van der Waals surface area (Å²) >= 11 is 0. The minimum absolute atomic E-state index is 0.122. The van der Waals surface area contributed by atoms with Gasteiger partial charge in [0, 0.05) is 5.69 Å². The van der Waals surface area contributed by atoms with Crippen LogP contribution in [0.5, 0.6) is 5.75 Å². The van der Waals surface area contributed by atoms with Gasteiger partial charge in [0.05, 0.1) is 5.56 Å². The maximum Gasteiger partial charge on any atom is 0.338 e. The van der Waals surface area contributed by atoms with Crippen LogP contribution in [0.3, 0.4) is 0 Å². The topological polar surface area (TPSA) is 72.6 Å². The van der Waals surface area contributed by atoms with E-state index in [1.165, 1.54) is 0 Å². The Morgan fingerprint density at radius 3 is 2.74 bits per heavy atom. The molecule has 0 aliphatic rings. The number of esters is 1. The zero-order chi connectivity index (χ0) is 13.8. The highest BCUT2D eigenvalue weighted by Crippen LogP contribution is 2.16. The summed E-state index contributed by atoms with van der Waals surface area (Å²) in [5.41, 5.74) is 8.25. The van der Waals surface area contributed by atoms with Gasteiger partial charge in [-0.15, -0.1) is 0 Å². The summed E-state index contributed by atoms with van der Waals surface area (Å²) in [6.07, 6.45) is 0. The molecule has 0 saturated heterocycles. The highest BCUT2D eigenvalue weighted by atomic mass is 16.5. The van der Waals surface area contributed by atoms with E-state index in [0.717, 1.165) is 11.1 Å². The number of aryl methyl sites for hydroxylation is 1. The average Bonchev–Trinajstić information content (AvgIpc) is 2.36. The molecule has 0 atom stereocenters. The summed E-state index contributed by atoms with van der Waals surface area (Å²) < 4.78 is 5.20. The van der Waals surface area contributed by atoms with Crippen molar-refractivity contribution in [1.29, 1.82) is 0 Å². The van der Waals surface area contributed by atoms with Gasteiger partial charge in [-0.2, -0.15) is 0 Å². The Kier molecular flexibility index (Phi) is 3.71. The predicted octanol–water partition coefficient (Wildman–Crippen LogP) is 2.64. The molecule has 0 amide bonds. The molecule has 2 rings (SSSR count). The number of anilines is 1. The highest BCUT2D eigenvalue weighted by molar-refractivity contribution is 5.91. The fraction of sp³-hybridized carbons (Fsp3) is 0.133. The van der Waals surface area contributed by atoms with Gasteiger partial charge in [0.1, 0.15) is 12.4 Å². The van der Waals surface area contributed by atoms with Crippen LogP contribution in [0.2, 0.25) is 0 Å². The van der Waals surface area contributed by atoms with Gasteiger partial charge in [0.2, 0.25) is 0 Å². The third-order valence-corrected chi connectivity index (χ3v) is 2.75. The van der Waals surface area contributed by atoms with Crippen molar-refractivity contribution in [3.8, 4) is 5.75 Å². The van der Waals surface area contributed by atoms with E-state index >= 15 is 0 Å². The number of hydrogen-bond acceptors (Lipinski definition) is 4. The van der Waals surface area contributed by atoms with Crippen molar-refractivity contribution >= 4 is 11.7 Å². The Balaban J connectivity index is 2.05. The number of benzene rings is 2. The minimum atomic E-state index is -0.402. The van der Waals surface area contributed by atoms with Crippen LogP contribution < -0.4 is 5.73 Å². The molecule has 0 fully saturated rings. The summed E-state index contributed by atoms with van der Waals surface area (Å²) in [4.78, 5) is 11.9. The summed E-state index contributed by atoms with van der Waals surface area (Å²) in [6.45, 7) is 1.93. The second-order valence-corrected chi connectivity index (χ2v) is 4.32. The monoisotopic (exact) mass is 257 g/mol. The number of nitrogens with two attached hydrogens (primary N) is 1. The van der Waals surface area contributed by atoms with Crippen molar-refractivity contribution in [1.82, 2.24) is 0 Å². The SMILES string of the molecule is Cc1cc(N)ccc1C(=O)OCc1cccc(O)c1. The molecule has 4 heteroatoms. The van der Waals surface area contributed by atoms with E-state index in [4.69, 9.17) is 10.5 Å². The fourth-order valence-corrected chi connectivity index (χ4v) is 1.79. The second kappa shape index (κ2) is 5.44. The average molecular weight is 257 g/mol. The lowest BCUT2D eigenvalue weighted by Crippen LogP contribution is -2.07. The molecule has 0 unspecified atom stereocenters. The molecule has 0 aliphatic heterocycles. The Labute approximate surface area is 111 Å². The molecule has 0 heterocycles. The first kappa shape index (κ1) is 13.0. The Morgan fingerprint density at radius 2 is 2.05 bits per heavy atom. The number of rotatable bonds is 3. The van der Waals surface area contributed by atoms with Crippen LogP contribution in [0.1, 0.15) is 21.5 Å². The molecule has 0 aromatic heterocycles. The van der Waals surface area contributed by atoms with E-state index in [-0.39, 0.29) is 12.4 Å². The van der Waals surface area contributed by atoms with Crippen LogP contribution in [0.15, 0.2) is 42.5 Å². The lowest BCUT2D eigenvalue weighted by atomic mass is 10.1. The quantitative estimate of drug-likeness (QED) is 0.655. The Hall–Kier alpha value is -2.49. The molecule has 4 nitrogen and oxygen atoms in total. The second-order valence-electron chi connectivity index (χ2n) is 4.32. The summed E-state index contributed by atoms with van der Waals surface area (Å²) in [6, 6.07) is 11.6. The first-order chi connectivity index (χ1) is 9.06. The Bertz CT molecular complexity index is 608. The number of hydrogen-bond donors (Lipinski definition) is 2. The molecule has 2 aromatic rings. The maximum atomic E-state index is 11.9. The standard InChI is InChI=1S/C15H15NO3/c1-10-7-12(16)5-6-14(10)15(18)19-9-11-3-2-4-13(17)8-11/h2-8,17H,9,16H2,1H3. The van der Waals surface area contributed by atoms with Crippen molar-refractivity contribution in [2.75, 3.05) is 5.73 Å². The van der Waals surface area contributed by atoms with Gasteiger partial charge in [-0.3, -0.25) is 0 Å². The molecule has 0 spiro atoms. The largest absolute Gasteiger partial charge is 0.508 e.